The van der Waals surface area contributed by atoms with Gasteiger partial charge in [0.2, 0.25) is 5.88 Å². The third-order valence-corrected chi connectivity index (χ3v) is 3.70. The van der Waals surface area contributed by atoms with Crippen LogP contribution in [0.1, 0.15) is 25.6 Å². The zero-order valence-corrected chi connectivity index (χ0v) is 12.0. The molecule has 2 aliphatic heterocycles. The highest BCUT2D eigenvalue weighted by Crippen LogP contribution is 2.31. The Morgan fingerprint density at radius 1 is 1.50 bits per heavy atom. The molecule has 20 heavy (non-hydrogen) atoms. The summed E-state index contributed by atoms with van der Waals surface area (Å²) in [5.74, 6) is 0.586. The molecular weight excluding hydrogens is 274 g/mol. The lowest BCUT2D eigenvalue weighted by Crippen LogP contribution is -2.16. The maximum atomic E-state index is 10.2. The van der Waals surface area contributed by atoms with Gasteiger partial charge in [0, 0.05) is 30.6 Å². The van der Waals surface area contributed by atoms with E-state index in [0.717, 1.165) is 5.57 Å². The number of hydrogen-bond acceptors (Lipinski definition) is 5. The monoisotopic (exact) mass is 289 g/mol. The first kappa shape index (κ1) is 13.1. The smallest absolute Gasteiger partial charge is 0.272 e. The molecule has 6 heteroatoms. The molecule has 0 aliphatic carbocycles. The van der Waals surface area contributed by atoms with Gasteiger partial charge in [0.25, 0.3) is 4.84 Å². The number of aromatic nitrogens is 1. The topological polar surface area (TPSA) is 63.0 Å². The number of hydrogen-bond donors (Lipinski definition) is 1. The summed E-state index contributed by atoms with van der Waals surface area (Å²) in [5.41, 5.74) is 0.979. The SMILES string of the molecule is CC(C)n1c(O)c(C=C2C=NC3C=NC=CC23)oc1=S. The molecule has 2 aliphatic rings. The van der Waals surface area contributed by atoms with Gasteiger partial charge in [-0.15, -0.1) is 0 Å². The van der Waals surface area contributed by atoms with Crippen molar-refractivity contribution in [2.24, 2.45) is 15.9 Å². The van der Waals surface area contributed by atoms with Crippen LogP contribution in [0.3, 0.4) is 0 Å². The second kappa shape index (κ2) is 4.86. The van der Waals surface area contributed by atoms with Crippen molar-refractivity contribution in [2.45, 2.75) is 25.9 Å². The van der Waals surface area contributed by atoms with Crippen LogP contribution in [-0.2, 0) is 0 Å². The molecule has 0 aromatic carbocycles. The first-order chi connectivity index (χ1) is 9.58. The van der Waals surface area contributed by atoms with Gasteiger partial charge in [-0.2, -0.15) is 0 Å². The van der Waals surface area contributed by atoms with Crippen molar-refractivity contribution in [3.8, 4) is 5.88 Å². The van der Waals surface area contributed by atoms with E-state index in [4.69, 9.17) is 16.6 Å². The third kappa shape index (κ3) is 2.06. The Kier molecular flexibility index (Phi) is 3.17. The molecule has 0 saturated carbocycles. The molecular formula is C14H15N3O2S. The molecule has 0 saturated heterocycles. The Morgan fingerprint density at radius 2 is 2.30 bits per heavy atom. The number of aliphatic imine (C=N–C) groups is 2. The number of rotatable bonds is 2. The van der Waals surface area contributed by atoms with Gasteiger partial charge in [-0.1, -0.05) is 6.08 Å². The molecule has 0 amide bonds. The standard InChI is InChI=1S/C14H15N3O2S/c1-8(2)17-13(18)12(19-14(17)20)5-9-6-16-11-7-15-4-3-10(9)11/h3-8,10-11,18H,1-2H3. The number of aromatic hydroxyl groups is 1. The summed E-state index contributed by atoms with van der Waals surface area (Å²) in [6, 6.07) is 0.0913. The first-order valence-electron chi connectivity index (χ1n) is 6.47. The Morgan fingerprint density at radius 3 is 3.00 bits per heavy atom. The molecule has 0 bridgehead atoms. The minimum absolute atomic E-state index is 0.0450. The summed E-state index contributed by atoms with van der Waals surface area (Å²) in [6.45, 7) is 3.88. The van der Waals surface area contributed by atoms with Crippen molar-refractivity contribution in [3.05, 3.63) is 28.4 Å². The van der Waals surface area contributed by atoms with E-state index in [2.05, 4.69) is 9.98 Å². The molecule has 1 aromatic rings. The van der Waals surface area contributed by atoms with E-state index in [1.54, 1.807) is 23.1 Å². The Bertz CT molecular complexity index is 706. The maximum Gasteiger partial charge on any atom is 0.272 e. The van der Waals surface area contributed by atoms with Crippen molar-refractivity contribution in [1.29, 1.82) is 0 Å². The van der Waals surface area contributed by atoms with Crippen LogP contribution in [0, 0.1) is 10.8 Å². The van der Waals surface area contributed by atoms with Gasteiger partial charge in [-0.05, 0) is 37.7 Å². The van der Waals surface area contributed by atoms with E-state index in [-0.39, 0.29) is 28.7 Å². The quantitative estimate of drug-likeness (QED) is 0.851. The molecule has 0 fully saturated rings. The van der Waals surface area contributed by atoms with Gasteiger partial charge in [0.1, 0.15) is 0 Å². The van der Waals surface area contributed by atoms with Gasteiger partial charge in [0.15, 0.2) is 5.76 Å². The van der Waals surface area contributed by atoms with E-state index in [0.29, 0.717) is 5.76 Å². The van der Waals surface area contributed by atoms with Crippen LogP contribution in [0.25, 0.3) is 6.08 Å². The summed E-state index contributed by atoms with van der Waals surface area (Å²) in [7, 11) is 0. The molecule has 3 rings (SSSR count). The van der Waals surface area contributed by atoms with Crippen LogP contribution in [0.5, 0.6) is 5.88 Å². The second-order valence-electron chi connectivity index (χ2n) is 5.10. The van der Waals surface area contributed by atoms with Crippen LogP contribution < -0.4 is 0 Å². The molecule has 1 N–H and O–H groups in total. The van der Waals surface area contributed by atoms with Gasteiger partial charge < -0.3 is 9.52 Å². The minimum Gasteiger partial charge on any atom is -0.492 e. The lowest BCUT2D eigenvalue weighted by atomic mass is 9.94. The van der Waals surface area contributed by atoms with Crippen LogP contribution in [0.4, 0.5) is 0 Å². The average molecular weight is 289 g/mol. The van der Waals surface area contributed by atoms with Crippen molar-refractivity contribution in [3.63, 3.8) is 0 Å². The fourth-order valence-electron chi connectivity index (χ4n) is 2.41. The zero-order valence-electron chi connectivity index (χ0n) is 11.2. The van der Waals surface area contributed by atoms with Crippen LogP contribution >= 0.6 is 12.2 Å². The van der Waals surface area contributed by atoms with Crippen LogP contribution in [-0.4, -0.2) is 28.1 Å². The fourth-order valence-corrected chi connectivity index (χ4v) is 2.80. The number of nitrogens with zero attached hydrogens (tertiary/aromatic N) is 3. The maximum absolute atomic E-state index is 10.2. The van der Waals surface area contributed by atoms with Crippen LogP contribution in [0.15, 0.2) is 32.3 Å². The first-order valence-corrected chi connectivity index (χ1v) is 6.88. The zero-order chi connectivity index (χ0) is 14.3. The Hall–Kier alpha value is -1.95. The van der Waals surface area contributed by atoms with E-state index in [9.17, 15) is 5.11 Å². The van der Waals surface area contributed by atoms with E-state index >= 15 is 0 Å². The highest BCUT2D eigenvalue weighted by Gasteiger charge is 2.27. The van der Waals surface area contributed by atoms with Gasteiger partial charge >= 0.3 is 0 Å². The summed E-state index contributed by atoms with van der Waals surface area (Å²) < 4.78 is 7.07. The van der Waals surface area contributed by atoms with Gasteiger partial charge in [0.05, 0.1) is 6.04 Å². The van der Waals surface area contributed by atoms with Crippen molar-refractivity contribution in [1.82, 2.24) is 4.57 Å². The summed E-state index contributed by atoms with van der Waals surface area (Å²) in [6.07, 6.45) is 9.16. The van der Waals surface area contributed by atoms with Gasteiger partial charge in [-0.3, -0.25) is 14.6 Å². The molecule has 2 atom stereocenters. The molecule has 3 heterocycles. The average Bonchev–Trinajstić information content (AvgIpc) is 2.93. The van der Waals surface area contributed by atoms with Crippen LogP contribution in [0.2, 0.25) is 0 Å². The Balaban J connectivity index is 2.00. The van der Waals surface area contributed by atoms with E-state index in [1.807, 2.05) is 26.1 Å². The summed E-state index contributed by atoms with van der Waals surface area (Å²) in [5, 5.41) is 10.2. The minimum atomic E-state index is 0.0450. The number of oxazole rings is 1. The lowest BCUT2D eigenvalue weighted by Gasteiger charge is -2.13. The summed E-state index contributed by atoms with van der Waals surface area (Å²) >= 11 is 5.13. The third-order valence-electron chi connectivity index (χ3n) is 3.42. The molecule has 1 aromatic heterocycles. The summed E-state index contributed by atoms with van der Waals surface area (Å²) in [4.78, 5) is 8.73. The van der Waals surface area contributed by atoms with Crippen molar-refractivity contribution >= 4 is 30.7 Å². The fraction of sp³-hybridized carbons (Fsp3) is 0.357. The predicted molar refractivity (Wildman–Crippen MR) is 81.0 cm³/mol. The van der Waals surface area contributed by atoms with E-state index in [1.165, 1.54) is 0 Å². The van der Waals surface area contributed by atoms with E-state index < -0.39 is 0 Å². The van der Waals surface area contributed by atoms with Crippen molar-refractivity contribution in [2.75, 3.05) is 0 Å². The highest BCUT2D eigenvalue weighted by molar-refractivity contribution is 7.71. The molecule has 104 valence electrons. The van der Waals surface area contributed by atoms with Gasteiger partial charge in [-0.25, -0.2) is 0 Å². The molecule has 5 nitrogen and oxygen atoms in total. The normalized spacial score (nSPS) is 25.9. The van der Waals surface area contributed by atoms with Crippen molar-refractivity contribution < 1.29 is 9.52 Å². The predicted octanol–water partition coefficient (Wildman–Crippen LogP) is 3.15. The largest absolute Gasteiger partial charge is 0.492 e. The lowest BCUT2D eigenvalue weighted by molar-refractivity contribution is 0.397. The highest BCUT2D eigenvalue weighted by atomic mass is 32.1. The second-order valence-corrected chi connectivity index (χ2v) is 5.45. The Labute approximate surface area is 121 Å². The molecule has 2 unspecified atom stereocenters. The molecule has 0 radical (unpaired) electrons. The molecule has 0 spiro atoms. The number of fused-ring (bicyclic) bond motifs is 1.